The van der Waals surface area contributed by atoms with E-state index in [0.717, 1.165) is 0 Å². The first-order valence-corrected chi connectivity index (χ1v) is 5.64. The molecule has 1 aromatic carbocycles. The van der Waals surface area contributed by atoms with E-state index in [1.54, 1.807) is 0 Å². The van der Waals surface area contributed by atoms with Gasteiger partial charge in [0.05, 0.1) is 10.5 Å². The van der Waals surface area contributed by atoms with Crippen LogP contribution in [0.15, 0.2) is 29.2 Å². The second-order valence-corrected chi connectivity index (χ2v) is 4.47. The first kappa shape index (κ1) is 12.2. The predicted octanol–water partition coefficient (Wildman–Crippen LogP) is 0.285. The molecule has 0 aliphatic heterocycles. The van der Waals surface area contributed by atoms with E-state index in [-0.39, 0.29) is 10.5 Å². The Hall–Kier alpha value is -1.91. The summed E-state index contributed by atoms with van der Waals surface area (Å²) < 4.78 is 22.4. The molecule has 84 valence electrons. The molecule has 0 aliphatic carbocycles. The average molecular weight is 240 g/mol. The van der Waals surface area contributed by atoms with E-state index >= 15 is 0 Å². The van der Waals surface area contributed by atoms with Crippen LogP contribution in [0.25, 0.3) is 0 Å². The number of nitro groups is 1. The van der Waals surface area contributed by atoms with E-state index in [1.807, 2.05) is 5.92 Å². The maximum atomic E-state index is 11.2. The van der Waals surface area contributed by atoms with Crippen LogP contribution in [0.3, 0.4) is 0 Å². The van der Waals surface area contributed by atoms with Crippen molar-refractivity contribution < 1.29 is 13.3 Å². The minimum absolute atomic E-state index is 0.0995. The number of hydrogen-bond donors (Lipinski definition) is 1. The van der Waals surface area contributed by atoms with Gasteiger partial charge in [0.2, 0.25) is 10.0 Å². The molecular weight excluding hydrogens is 232 g/mol. The molecule has 6 nitrogen and oxygen atoms in total. The van der Waals surface area contributed by atoms with E-state index < -0.39 is 21.0 Å². The van der Waals surface area contributed by atoms with Gasteiger partial charge in [-0.05, 0) is 18.1 Å². The Morgan fingerprint density at radius 1 is 1.44 bits per heavy atom. The van der Waals surface area contributed by atoms with Crippen LogP contribution in [0, 0.1) is 22.5 Å². The number of benzene rings is 1. The number of nitrogens with zero attached hydrogens (tertiary/aromatic N) is 1. The SMILES string of the molecule is C#CC(c1ccccc1S(N)(=O)=O)[N+](=O)[O-]. The molecule has 0 aromatic heterocycles. The summed E-state index contributed by atoms with van der Waals surface area (Å²) in [6.45, 7) is 0. The standard InChI is InChI=1S/C9H8N2O4S/c1-2-8(11(12)13)7-5-3-4-6-9(7)16(10,14)15/h1,3-6,8H,(H2,10,14,15). The Bertz CT molecular complexity index is 559. The van der Waals surface area contributed by atoms with Crippen molar-refractivity contribution in [3.8, 4) is 12.3 Å². The molecule has 0 fully saturated rings. The van der Waals surface area contributed by atoms with Crippen molar-refractivity contribution in [2.45, 2.75) is 10.9 Å². The molecule has 16 heavy (non-hydrogen) atoms. The van der Waals surface area contributed by atoms with E-state index in [0.29, 0.717) is 0 Å². The smallest absolute Gasteiger partial charge is 0.263 e. The van der Waals surface area contributed by atoms with Crippen LogP contribution < -0.4 is 5.14 Å². The number of primary sulfonamides is 1. The lowest BCUT2D eigenvalue weighted by molar-refractivity contribution is -0.512. The summed E-state index contributed by atoms with van der Waals surface area (Å²) in [6.07, 6.45) is 4.99. The van der Waals surface area contributed by atoms with E-state index in [9.17, 15) is 18.5 Å². The predicted molar refractivity (Wildman–Crippen MR) is 56.4 cm³/mol. The van der Waals surface area contributed by atoms with Crippen molar-refractivity contribution in [1.29, 1.82) is 0 Å². The second-order valence-electron chi connectivity index (χ2n) is 2.94. The molecule has 0 spiro atoms. The lowest BCUT2D eigenvalue weighted by atomic mass is 10.1. The summed E-state index contributed by atoms with van der Waals surface area (Å²) in [4.78, 5) is 9.57. The zero-order valence-corrected chi connectivity index (χ0v) is 8.85. The van der Waals surface area contributed by atoms with E-state index in [1.165, 1.54) is 24.3 Å². The van der Waals surface area contributed by atoms with Gasteiger partial charge < -0.3 is 0 Å². The fourth-order valence-corrected chi connectivity index (χ4v) is 2.01. The number of rotatable bonds is 3. The third-order valence-electron chi connectivity index (χ3n) is 1.89. The molecule has 1 aromatic rings. The van der Waals surface area contributed by atoms with Gasteiger partial charge in [0, 0.05) is 4.92 Å². The topological polar surface area (TPSA) is 103 Å². The maximum absolute atomic E-state index is 11.2. The molecule has 0 heterocycles. The Balaban J connectivity index is 3.47. The van der Waals surface area contributed by atoms with Crippen LogP contribution in [0.5, 0.6) is 0 Å². The molecule has 1 rings (SSSR count). The Morgan fingerprint density at radius 2 is 2.00 bits per heavy atom. The van der Waals surface area contributed by atoms with Crippen LogP contribution >= 0.6 is 0 Å². The van der Waals surface area contributed by atoms with Gasteiger partial charge in [-0.15, -0.1) is 6.42 Å². The second kappa shape index (κ2) is 4.30. The lowest BCUT2D eigenvalue weighted by Crippen LogP contribution is -2.18. The largest absolute Gasteiger partial charge is 0.298 e. The minimum Gasteiger partial charge on any atom is -0.263 e. The summed E-state index contributed by atoms with van der Waals surface area (Å²) in [7, 11) is -4.02. The molecule has 0 bridgehead atoms. The van der Waals surface area contributed by atoms with Gasteiger partial charge in [-0.2, -0.15) is 0 Å². The van der Waals surface area contributed by atoms with Crippen LogP contribution in [-0.2, 0) is 10.0 Å². The molecule has 7 heteroatoms. The quantitative estimate of drug-likeness (QED) is 0.465. The highest BCUT2D eigenvalue weighted by Crippen LogP contribution is 2.22. The normalized spacial score (nSPS) is 12.8. The van der Waals surface area contributed by atoms with Gasteiger partial charge in [-0.25, -0.2) is 13.6 Å². The number of nitrogens with two attached hydrogens (primary N) is 1. The van der Waals surface area contributed by atoms with Crippen molar-refractivity contribution in [2.24, 2.45) is 5.14 Å². The van der Waals surface area contributed by atoms with E-state index in [4.69, 9.17) is 11.6 Å². The van der Waals surface area contributed by atoms with Crippen LogP contribution in [0.4, 0.5) is 0 Å². The number of sulfonamides is 1. The summed E-state index contributed by atoms with van der Waals surface area (Å²) >= 11 is 0. The van der Waals surface area contributed by atoms with Crippen molar-refractivity contribution in [3.05, 3.63) is 39.9 Å². The third kappa shape index (κ3) is 2.36. The Labute approximate surface area is 92.3 Å². The summed E-state index contributed by atoms with van der Waals surface area (Å²) in [5.74, 6) is 1.91. The van der Waals surface area contributed by atoms with E-state index in [2.05, 4.69) is 0 Å². The summed E-state index contributed by atoms with van der Waals surface area (Å²) in [5, 5.41) is 15.6. The van der Waals surface area contributed by atoms with Gasteiger partial charge in [0.15, 0.2) is 0 Å². The van der Waals surface area contributed by atoms with Crippen LogP contribution in [0.2, 0.25) is 0 Å². The van der Waals surface area contributed by atoms with Crippen LogP contribution in [-0.4, -0.2) is 13.3 Å². The van der Waals surface area contributed by atoms with Gasteiger partial charge in [0.1, 0.15) is 0 Å². The van der Waals surface area contributed by atoms with Gasteiger partial charge >= 0.3 is 0 Å². The molecule has 0 saturated heterocycles. The van der Waals surface area contributed by atoms with Gasteiger partial charge in [-0.1, -0.05) is 12.1 Å². The Kier molecular flexibility index (Phi) is 3.27. The van der Waals surface area contributed by atoms with Crippen molar-refractivity contribution in [1.82, 2.24) is 0 Å². The molecule has 0 saturated carbocycles. The third-order valence-corrected chi connectivity index (χ3v) is 2.87. The van der Waals surface area contributed by atoms with Crippen molar-refractivity contribution >= 4 is 10.0 Å². The highest BCUT2D eigenvalue weighted by Gasteiger charge is 2.26. The number of terminal acetylenes is 1. The Morgan fingerprint density at radius 3 is 2.44 bits per heavy atom. The number of hydrogen-bond acceptors (Lipinski definition) is 4. The lowest BCUT2D eigenvalue weighted by Gasteiger charge is -2.07. The molecule has 1 atom stereocenters. The molecule has 2 N–H and O–H groups in total. The molecular formula is C9H8N2O4S. The summed E-state index contributed by atoms with van der Waals surface area (Å²) in [6, 6.07) is 3.80. The van der Waals surface area contributed by atoms with Gasteiger partial charge in [-0.3, -0.25) is 10.1 Å². The molecule has 0 aliphatic rings. The first-order chi connectivity index (χ1) is 7.38. The fraction of sp³-hybridized carbons (Fsp3) is 0.111. The van der Waals surface area contributed by atoms with Crippen molar-refractivity contribution in [3.63, 3.8) is 0 Å². The first-order valence-electron chi connectivity index (χ1n) is 4.09. The molecule has 0 radical (unpaired) electrons. The minimum atomic E-state index is -4.02. The van der Waals surface area contributed by atoms with Crippen LogP contribution in [0.1, 0.15) is 11.6 Å². The molecule has 1 unspecified atom stereocenters. The maximum Gasteiger partial charge on any atom is 0.298 e. The highest BCUT2D eigenvalue weighted by atomic mass is 32.2. The summed E-state index contributed by atoms with van der Waals surface area (Å²) in [5.41, 5.74) is -0.0995. The van der Waals surface area contributed by atoms with Gasteiger partial charge in [0.25, 0.3) is 6.04 Å². The zero-order chi connectivity index (χ0) is 12.3. The zero-order valence-electron chi connectivity index (χ0n) is 8.03. The monoisotopic (exact) mass is 240 g/mol. The molecule has 0 amide bonds. The fourth-order valence-electron chi connectivity index (χ4n) is 1.23. The average Bonchev–Trinajstić information content (AvgIpc) is 2.17. The highest BCUT2D eigenvalue weighted by molar-refractivity contribution is 7.89. The van der Waals surface area contributed by atoms with Crippen molar-refractivity contribution in [2.75, 3.05) is 0 Å².